The molecule has 1 heterocycles. The summed E-state index contributed by atoms with van der Waals surface area (Å²) in [4.78, 5) is 0. The summed E-state index contributed by atoms with van der Waals surface area (Å²) in [5.41, 5.74) is 2.28. The average Bonchev–Trinajstić information content (AvgIpc) is 2.81. The van der Waals surface area contributed by atoms with Crippen LogP contribution in [0.3, 0.4) is 0 Å². The summed E-state index contributed by atoms with van der Waals surface area (Å²) < 4.78 is 5.34. The van der Waals surface area contributed by atoms with Crippen LogP contribution < -0.4 is 10.1 Å². The van der Waals surface area contributed by atoms with Gasteiger partial charge in [0.05, 0.1) is 7.11 Å². The Morgan fingerprint density at radius 2 is 2.22 bits per heavy atom. The SMILES string of the molecule is COc1c(O)cc(C(C)C)cc1CC1CCCN1. The fourth-order valence-corrected chi connectivity index (χ4v) is 2.61. The maximum atomic E-state index is 10.0. The lowest BCUT2D eigenvalue weighted by Gasteiger charge is -2.17. The monoisotopic (exact) mass is 249 g/mol. The molecule has 1 atom stereocenters. The molecular weight excluding hydrogens is 226 g/mol. The zero-order valence-electron chi connectivity index (χ0n) is 11.5. The number of methoxy groups -OCH3 is 1. The number of benzene rings is 1. The molecule has 1 unspecified atom stereocenters. The Kier molecular flexibility index (Phi) is 4.12. The van der Waals surface area contributed by atoms with Crippen molar-refractivity contribution < 1.29 is 9.84 Å². The van der Waals surface area contributed by atoms with E-state index in [0.29, 0.717) is 17.7 Å². The molecule has 0 saturated carbocycles. The number of phenolic OH excluding ortho intramolecular Hbond substituents is 1. The van der Waals surface area contributed by atoms with Crippen molar-refractivity contribution in [2.75, 3.05) is 13.7 Å². The smallest absolute Gasteiger partial charge is 0.163 e. The number of hydrogen-bond donors (Lipinski definition) is 2. The first kappa shape index (κ1) is 13.2. The second kappa shape index (κ2) is 5.61. The van der Waals surface area contributed by atoms with Gasteiger partial charge in [0.25, 0.3) is 0 Å². The van der Waals surface area contributed by atoms with E-state index >= 15 is 0 Å². The highest BCUT2D eigenvalue weighted by Crippen LogP contribution is 2.35. The van der Waals surface area contributed by atoms with Gasteiger partial charge in [-0.1, -0.05) is 19.9 Å². The molecule has 18 heavy (non-hydrogen) atoms. The fraction of sp³-hybridized carbons (Fsp3) is 0.600. The van der Waals surface area contributed by atoms with Crippen LogP contribution >= 0.6 is 0 Å². The fourth-order valence-electron chi connectivity index (χ4n) is 2.61. The highest BCUT2D eigenvalue weighted by molar-refractivity contribution is 5.49. The van der Waals surface area contributed by atoms with Gasteiger partial charge in [-0.05, 0) is 48.9 Å². The van der Waals surface area contributed by atoms with Crippen LogP contribution in [0.2, 0.25) is 0 Å². The molecule has 0 bridgehead atoms. The van der Waals surface area contributed by atoms with Crippen molar-refractivity contribution in [1.82, 2.24) is 5.32 Å². The highest BCUT2D eigenvalue weighted by atomic mass is 16.5. The van der Waals surface area contributed by atoms with Gasteiger partial charge in [-0.2, -0.15) is 0 Å². The number of hydrogen-bond acceptors (Lipinski definition) is 3. The van der Waals surface area contributed by atoms with E-state index in [4.69, 9.17) is 4.74 Å². The number of phenols is 1. The summed E-state index contributed by atoms with van der Waals surface area (Å²) in [5.74, 6) is 1.31. The van der Waals surface area contributed by atoms with Crippen molar-refractivity contribution in [3.63, 3.8) is 0 Å². The Morgan fingerprint density at radius 1 is 1.44 bits per heavy atom. The Balaban J connectivity index is 2.29. The first-order valence-corrected chi connectivity index (χ1v) is 6.75. The van der Waals surface area contributed by atoms with Crippen LogP contribution in [0.15, 0.2) is 12.1 Å². The van der Waals surface area contributed by atoms with Gasteiger partial charge in [-0.15, -0.1) is 0 Å². The quantitative estimate of drug-likeness (QED) is 0.862. The zero-order chi connectivity index (χ0) is 13.1. The van der Waals surface area contributed by atoms with E-state index in [1.54, 1.807) is 7.11 Å². The molecular formula is C15H23NO2. The molecule has 0 radical (unpaired) electrons. The second-order valence-corrected chi connectivity index (χ2v) is 5.38. The first-order valence-electron chi connectivity index (χ1n) is 6.75. The molecule has 100 valence electrons. The Hall–Kier alpha value is -1.22. The van der Waals surface area contributed by atoms with Gasteiger partial charge in [0.1, 0.15) is 0 Å². The van der Waals surface area contributed by atoms with E-state index in [0.717, 1.165) is 18.5 Å². The van der Waals surface area contributed by atoms with Crippen molar-refractivity contribution >= 4 is 0 Å². The van der Waals surface area contributed by atoms with E-state index in [1.807, 2.05) is 6.07 Å². The average molecular weight is 249 g/mol. The Morgan fingerprint density at radius 3 is 2.78 bits per heavy atom. The van der Waals surface area contributed by atoms with Crippen LogP contribution in [0, 0.1) is 0 Å². The molecule has 0 amide bonds. The molecule has 3 heteroatoms. The van der Waals surface area contributed by atoms with Gasteiger partial charge >= 0.3 is 0 Å². The summed E-state index contributed by atoms with van der Waals surface area (Å²) >= 11 is 0. The molecule has 2 N–H and O–H groups in total. The topological polar surface area (TPSA) is 41.5 Å². The molecule has 1 saturated heterocycles. The maximum absolute atomic E-state index is 10.0. The van der Waals surface area contributed by atoms with Gasteiger partial charge in [0, 0.05) is 6.04 Å². The van der Waals surface area contributed by atoms with E-state index in [1.165, 1.54) is 18.4 Å². The van der Waals surface area contributed by atoms with Crippen LogP contribution in [0.5, 0.6) is 11.5 Å². The van der Waals surface area contributed by atoms with Gasteiger partial charge < -0.3 is 15.2 Å². The molecule has 1 fully saturated rings. The second-order valence-electron chi connectivity index (χ2n) is 5.38. The minimum Gasteiger partial charge on any atom is -0.504 e. The van der Waals surface area contributed by atoms with Crippen LogP contribution in [0.4, 0.5) is 0 Å². The Bertz CT molecular complexity index is 409. The molecule has 0 aliphatic carbocycles. The van der Waals surface area contributed by atoms with Crippen LogP contribution in [0.25, 0.3) is 0 Å². The number of aromatic hydroxyl groups is 1. The minimum absolute atomic E-state index is 0.261. The molecule has 1 aliphatic rings. The number of rotatable bonds is 4. The maximum Gasteiger partial charge on any atom is 0.163 e. The summed E-state index contributed by atoms with van der Waals surface area (Å²) in [6.07, 6.45) is 3.37. The van der Waals surface area contributed by atoms with Gasteiger partial charge in [0.15, 0.2) is 11.5 Å². The highest BCUT2D eigenvalue weighted by Gasteiger charge is 2.19. The normalized spacial score (nSPS) is 19.4. The lowest BCUT2D eigenvalue weighted by molar-refractivity contribution is 0.366. The summed E-state index contributed by atoms with van der Waals surface area (Å²) in [7, 11) is 1.62. The standard InChI is InChI=1S/C15H23NO2/c1-10(2)11-7-12(8-13-5-4-6-16-13)15(18-3)14(17)9-11/h7,9-10,13,16-17H,4-6,8H2,1-3H3. The van der Waals surface area contributed by atoms with Crippen molar-refractivity contribution in [2.24, 2.45) is 0 Å². The molecule has 1 aliphatic heterocycles. The minimum atomic E-state index is 0.261. The first-order chi connectivity index (χ1) is 8.61. The largest absolute Gasteiger partial charge is 0.504 e. The van der Waals surface area contributed by atoms with E-state index in [9.17, 15) is 5.11 Å². The van der Waals surface area contributed by atoms with E-state index < -0.39 is 0 Å². The summed E-state index contributed by atoms with van der Waals surface area (Å²) in [6.45, 7) is 5.38. The third-order valence-corrected chi connectivity index (χ3v) is 3.67. The van der Waals surface area contributed by atoms with E-state index in [-0.39, 0.29) is 5.75 Å². The van der Waals surface area contributed by atoms with Crippen molar-refractivity contribution in [3.05, 3.63) is 23.3 Å². The number of ether oxygens (including phenoxy) is 1. The van der Waals surface area contributed by atoms with E-state index in [2.05, 4.69) is 25.2 Å². The molecule has 1 aromatic rings. The molecule has 2 rings (SSSR count). The predicted octanol–water partition coefficient (Wildman–Crippen LogP) is 2.82. The van der Waals surface area contributed by atoms with Gasteiger partial charge in [-0.25, -0.2) is 0 Å². The number of nitrogens with one attached hydrogen (secondary N) is 1. The third kappa shape index (κ3) is 2.78. The molecule has 0 spiro atoms. The van der Waals surface area contributed by atoms with Crippen LogP contribution in [-0.4, -0.2) is 24.8 Å². The van der Waals surface area contributed by atoms with Crippen molar-refractivity contribution in [2.45, 2.75) is 45.1 Å². The molecule has 3 nitrogen and oxygen atoms in total. The summed E-state index contributed by atoms with van der Waals surface area (Å²) in [6, 6.07) is 4.50. The van der Waals surface area contributed by atoms with Gasteiger partial charge in [-0.3, -0.25) is 0 Å². The van der Waals surface area contributed by atoms with Gasteiger partial charge in [0.2, 0.25) is 0 Å². The lowest BCUT2D eigenvalue weighted by atomic mass is 9.96. The van der Waals surface area contributed by atoms with Crippen LogP contribution in [0.1, 0.15) is 43.7 Å². The van der Waals surface area contributed by atoms with Crippen molar-refractivity contribution in [1.29, 1.82) is 0 Å². The lowest BCUT2D eigenvalue weighted by Crippen LogP contribution is -2.23. The Labute approximate surface area is 109 Å². The molecule has 0 aromatic heterocycles. The molecule has 1 aromatic carbocycles. The van der Waals surface area contributed by atoms with Crippen molar-refractivity contribution in [3.8, 4) is 11.5 Å². The van der Waals surface area contributed by atoms with Crippen LogP contribution in [-0.2, 0) is 6.42 Å². The predicted molar refractivity (Wildman–Crippen MR) is 73.5 cm³/mol. The summed E-state index contributed by atoms with van der Waals surface area (Å²) in [5, 5.41) is 13.5. The third-order valence-electron chi connectivity index (χ3n) is 3.67. The zero-order valence-corrected chi connectivity index (χ0v) is 11.5.